The van der Waals surface area contributed by atoms with Gasteiger partial charge in [0.2, 0.25) is 0 Å². The number of amides is 1. The Balaban J connectivity index is 1.48. The van der Waals surface area contributed by atoms with Crippen LogP contribution in [0.4, 0.5) is 4.79 Å². The lowest BCUT2D eigenvalue weighted by Crippen LogP contribution is -2.43. The molecule has 2 heterocycles. The molecule has 1 amide bonds. The Labute approximate surface area is 206 Å². The average molecular weight is 484 g/mol. The number of aromatic nitrogens is 2. The number of aryl methyl sites for hydroxylation is 2. The van der Waals surface area contributed by atoms with Crippen molar-refractivity contribution in [1.82, 2.24) is 14.0 Å². The topological polar surface area (TPSA) is 56.5 Å². The second-order valence-corrected chi connectivity index (χ2v) is 10.5. The van der Waals surface area contributed by atoms with E-state index in [2.05, 4.69) is 24.3 Å². The number of ether oxygens (including phenoxy) is 1. The van der Waals surface area contributed by atoms with Crippen molar-refractivity contribution in [3.05, 3.63) is 69.6 Å². The van der Waals surface area contributed by atoms with Gasteiger partial charge in [-0.25, -0.2) is 9.59 Å². The smallest absolute Gasteiger partial charge is 0.410 e. The summed E-state index contributed by atoms with van der Waals surface area (Å²) in [5.41, 5.74) is 2.60. The van der Waals surface area contributed by atoms with E-state index in [9.17, 15) is 9.59 Å². The summed E-state index contributed by atoms with van der Waals surface area (Å²) in [5.74, 6) is 0. The van der Waals surface area contributed by atoms with Crippen LogP contribution in [0.2, 0.25) is 5.02 Å². The second kappa shape index (κ2) is 10.3. The minimum atomic E-state index is -0.518. The highest BCUT2D eigenvalue weighted by molar-refractivity contribution is 6.31. The van der Waals surface area contributed by atoms with Crippen LogP contribution in [0.15, 0.2) is 53.3 Å². The van der Waals surface area contributed by atoms with E-state index in [1.807, 2.05) is 54.2 Å². The summed E-state index contributed by atoms with van der Waals surface area (Å²) in [6.07, 6.45) is 4.07. The number of carbonyl (C=O) groups excluding carboxylic acids is 1. The lowest BCUT2D eigenvalue weighted by Gasteiger charge is -2.33. The molecule has 0 bridgehead atoms. The largest absolute Gasteiger partial charge is 0.444 e. The third-order valence-corrected chi connectivity index (χ3v) is 6.58. The molecule has 0 spiro atoms. The summed E-state index contributed by atoms with van der Waals surface area (Å²) in [6, 6.07) is 16.1. The maximum Gasteiger partial charge on any atom is 0.410 e. The number of benzene rings is 2. The van der Waals surface area contributed by atoms with Crippen molar-refractivity contribution in [2.24, 2.45) is 0 Å². The number of fused-ring (bicyclic) bond motifs is 1. The van der Waals surface area contributed by atoms with Gasteiger partial charge in [0.15, 0.2) is 0 Å². The first kappa shape index (κ1) is 24.4. The van der Waals surface area contributed by atoms with Crippen molar-refractivity contribution in [3.8, 4) is 0 Å². The summed E-state index contributed by atoms with van der Waals surface area (Å²) >= 11 is 6.32. The Bertz CT molecular complexity index is 1190. The van der Waals surface area contributed by atoms with Crippen molar-refractivity contribution in [2.45, 2.75) is 71.1 Å². The molecule has 1 aromatic heterocycles. The van der Waals surface area contributed by atoms with Gasteiger partial charge in [0.05, 0.1) is 11.0 Å². The van der Waals surface area contributed by atoms with E-state index in [1.54, 1.807) is 4.90 Å². The summed E-state index contributed by atoms with van der Waals surface area (Å²) in [5, 5.41) is 0.619. The van der Waals surface area contributed by atoms with Crippen molar-refractivity contribution < 1.29 is 9.53 Å². The van der Waals surface area contributed by atoms with E-state index in [0.29, 0.717) is 37.5 Å². The first-order valence-corrected chi connectivity index (χ1v) is 12.5. The van der Waals surface area contributed by atoms with Gasteiger partial charge in [-0.2, -0.15) is 0 Å². The molecule has 1 saturated heterocycles. The number of hydrogen-bond acceptors (Lipinski definition) is 3. The lowest BCUT2D eigenvalue weighted by molar-refractivity contribution is 0.0188. The number of carbonyl (C=O) groups is 1. The predicted molar refractivity (Wildman–Crippen MR) is 137 cm³/mol. The molecule has 0 radical (unpaired) electrons. The molecule has 0 atom stereocenters. The molecule has 0 aliphatic carbocycles. The average Bonchev–Trinajstić information content (AvgIpc) is 3.06. The normalized spacial score (nSPS) is 15.1. The first-order valence-electron chi connectivity index (χ1n) is 12.1. The van der Waals surface area contributed by atoms with E-state index in [1.165, 1.54) is 5.56 Å². The van der Waals surface area contributed by atoms with E-state index in [4.69, 9.17) is 16.3 Å². The summed E-state index contributed by atoms with van der Waals surface area (Å²) in [6.45, 7) is 7.42. The lowest BCUT2D eigenvalue weighted by atomic mass is 10.0. The fourth-order valence-electron chi connectivity index (χ4n) is 4.70. The van der Waals surface area contributed by atoms with E-state index >= 15 is 0 Å². The van der Waals surface area contributed by atoms with Gasteiger partial charge in [-0.15, -0.1) is 0 Å². The molecule has 0 N–H and O–H groups in total. The van der Waals surface area contributed by atoms with Gasteiger partial charge in [-0.05, 0) is 76.6 Å². The SMILES string of the molecule is CC(C)(C)OC(=O)N1CCC(n2c(=O)n(CCCCc3ccccc3)c3ccc(Cl)cc32)CC1. The number of likely N-dealkylation sites (tertiary alicyclic amines) is 1. The molecule has 0 saturated carbocycles. The molecule has 34 heavy (non-hydrogen) atoms. The first-order chi connectivity index (χ1) is 16.2. The second-order valence-electron chi connectivity index (χ2n) is 10.1. The van der Waals surface area contributed by atoms with Crippen LogP contribution in [0.5, 0.6) is 0 Å². The van der Waals surface area contributed by atoms with Gasteiger partial charge >= 0.3 is 11.8 Å². The molecule has 6 nitrogen and oxygen atoms in total. The number of imidazole rings is 1. The Morgan fingerprint density at radius 1 is 1.03 bits per heavy atom. The van der Waals surface area contributed by atoms with Crippen LogP contribution in [0.1, 0.15) is 58.1 Å². The Hall–Kier alpha value is -2.73. The number of unbranched alkanes of at least 4 members (excludes halogenated alkanes) is 1. The van der Waals surface area contributed by atoms with Crippen LogP contribution in [-0.2, 0) is 17.7 Å². The van der Waals surface area contributed by atoms with Gasteiger partial charge in [-0.3, -0.25) is 9.13 Å². The molecule has 182 valence electrons. The number of piperidine rings is 1. The monoisotopic (exact) mass is 483 g/mol. The maximum atomic E-state index is 13.5. The quantitative estimate of drug-likeness (QED) is 0.401. The molecule has 3 aromatic rings. The molecular formula is C27H34ClN3O3. The predicted octanol–water partition coefficient (Wildman–Crippen LogP) is 6.05. The number of rotatable bonds is 6. The third kappa shape index (κ3) is 5.66. The molecule has 0 unspecified atom stereocenters. The Kier molecular flexibility index (Phi) is 7.36. The molecule has 7 heteroatoms. The third-order valence-electron chi connectivity index (χ3n) is 6.35. The fourth-order valence-corrected chi connectivity index (χ4v) is 4.87. The Morgan fingerprint density at radius 3 is 2.41 bits per heavy atom. The van der Waals surface area contributed by atoms with Crippen LogP contribution < -0.4 is 5.69 Å². The molecule has 1 aliphatic heterocycles. The maximum absolute atomic E-state index is 13.5. The summed E-state index contributed by atoms with van der Waals surface area (Å²) < 4.78 is 9.30. The van der Waals surface area contributed by atoms with Crippen LogP contribution in [0.25, 0.3) is 11.0 Å². The standard InChI is InChI=1S/C27H34ClN3O3/c1-27(2,3)34-26(33)29-17-14-22(15-18-29)31-24-19-21(28)12-13-23(24)30(25(31)32)16-8-7-11-20-9-5-4-6-10-20/h4-6,9-10,12-13,19,22H,7-8,11,14-18H2,1-3H3. The van der Waals surface area contributed by atoms with Crippen molar-refractivity contribution in [2.75, 3.05) is 13.1 Å². The molecule has 2 aromatic carbocycles. The fraction of sp³-hybridized carbons (Fsp3) is 0.481. The van der Waals surface area contributed by atoms with Crippen LogP contribution in [-0.4, -0.2) is 38.8 Å². The van der Waals surface area contributed by atoms with Crippen LogP contribution >= 0.6 is 11.6 Å². The molecule has 4 rings (SSSR count). The summed E-state index contributed by atoms with van der Waals surface area (Å²) in [7, 11) is 0. The number of hydrogen-bond donors (Lipinski definition) is 0. The highest BCUT2D eigenvalue weighted by Crippen LogP contribution is 2.28. The zero-order chi connectivity index (χ0) is 24.3. The minimum Gasteiger partial charge on any atom is -0.444 e. The Morgan fingerprint density at radius 2 is 1.74 bits per heavy atom. The zero-order valence-corrected chi connectivity index (χ0v) is 21.1. The van der Waals surface area contributed by atoms with Gasteiger partial charge < -0.3 is 9.64 Å². The van der Waals surface area contributed by atoms with E-state index < -0.39 is 5.60 Å². The highest BCUT2D eigenvalue weighted by Gasteiger charge is 2.29. The van der Waals surface area contributed by atoms with E-state index in [0.717, 1.165) is 30.3 Å². The van der Waals surface area contributed by atoms with Crippen molar-refractivity contribution in [3.63, 3.8) is 0 Å². The van der Waals surface area contributed by atoms with Crippen LogP contribution in [0.3, 0.4) is 0 Å². The van der Waals surface area contributed by atoms with Crippen LogP contribution in [0, 0.1) is 0 Å². The van der Waals surface area contributed by atoms with Gasteiger partial charge in [-0.1, -0.05) is 41.9 Å². The van der Waals surface area contributed by atoms with Gasteiger partial charge in [0, 0.05) is 30.7 Å². The molecular weight excluding hydrogens is 450 g/mol. The summed E-state index contributed by atoms with van der Waals surface area (Å²) in [4.78, 5) is 27.7. The minimum absolute atomic E-state index is 0.00713. The van der Waals surface area contributed by atoms with Gasteiger partial charge in [0.25, 0.3) is 0 Å². The molecule has 1 fully saturated rings. The number of halogens is 1. The zero-order valence-electron chi connectivity index (χ0n) is 20.3. The van der Waals surface area contributed by atoms with Gasteiger partial charge in [0.1, 0.15) is 5.60 Å². The molecule has 1 aliphatic rings. The van der Waals surface area contributed by atoms with Crippen molar-refractivity contribution in [1.29, 1.82) is 0 Å². The van der Waals surface area contributed by atoms with E-state index in [-0.39, 0.29) is 17.8 Å². The van der Waals surface area contributed by atoms with Crippen molar-refractivity contribution >= 4 is 28.7 Å². The highest BCUT2D eigenvalue weighted by atomic mass is 35.5. The number of nitrogens with zero attached hydrogens (tertiary/aromatic N) is 3.